The number of nitrogens with two attached hydrogens (primary N) is 1. The van der Waals surface area contributed by atoms with E-state index in [1.54, 1.807) is 31.2 Å². The lowest BCUT2D eigenvalue weighted by Gasteiger charge is -2.21. The number of carbonyl (C=O) groups is 1. The van der Waals surface area contributed by atoms with E-state index in [9.17, 15) is 4.79 Å². The van der Waals surface area contributed by atoms with E-state index in [4.69, 9.17) is 15.7 Å². The molecule has 0 spiro atoms. The Morgan fingerprint density at radius 2 is 2.30 bits per heavy atom. The molecule has 1 unspecified atom stereocenters. The van der Waals surface area contributed by atoms with E-state index in [1.165, 1.54) is 0 Å². The number of amides is 1. The van der Waals surface area contributed by atoms with E-state index in [0.717, 1.165) is 12.0 Å². The van der Waals surface area contributed by atoms with Gasteiger partial charge in [0.1, 0.15) is 0 Å². The number of hydrogen-bond acceptors (Lipinski definition) is 4. The minimum atomic E-state index is -0.505. The zero-order chi connectivity index (χ0) is 15.0. The monoisotopic (exact) mass is 275 g/mol. The highest BCUT2D eigenvalue weighted by molar-refractivity contribution is 5.81. The third-order valence-electron chi connectivity index (χ3n) is 3.03. The van der Waals surface area contributed by atoms with E-state index in [0.29, 0.717) is 25.1 Å². The molecule has 1 atom stereocenters. The number of hydrogen-bond donors (Lipinski definition) is 1. The van der Waals surface area contributed by atoms with Crippen molar-refractivity contribution in [1.82, 2.24) is 4.90 Å². The second kappa shape index (κ2) is 8.31. The van der Waals surface area contributed by atoms with Crippen LogP contribution >= 0.6 is 0 Å². The van der Waals surface area contributed by atoms with Crippen LogP contribution in [0.4, 0.5) is 0 Å². The van der Waals surface area contributed by atoms with Crippen LogP contribution in [-0.4, -0.2) is 37.6 Å². The van der Waals surface area contributed by atoms with Gasteiger partial charge in [-0.15, -0.1) is 0 Å². The molecule has 1 amide bonds. The first-order valence-electron chi connectivity index (χ1n) is 6.57. The van der Waals surface area contributed by atoms with Gasteiger partial charge in [-0.25, -0.2) is 0 Å². The van der Waals surface area contributed by atoms with Gasteiger partial charge in [-0.05, 0) is 30.5 Å². The first-order valence-corrected chi connectivity index (χ1v) is 6.57. The smallest absolute Gasteiger partial charge is 0.239 e. The molecule has 0 saturated heterocycles. The summed E-state index contributed by atoms with van der Waals surface area (Å²) < 4.78 is 4.94. The fraction of sp³-hybridized carbons (Fsp3) is 0.467. The van der Waals surface area contributed by atoms with Gasteiger partial charge < -0.3 is 15.4 Å². The van der Waals surface area contributed by atoms with Gasteiger partial charge in [0.25, 0.3) is 0 Å². The number of methoxy groups -OCH3 is 1. The molecule has 0 aliphatic rings. The van der Waals surface area contributed by atoms with Crippen molar-refractivity contribution >= 4 is 5.91 Å². The summed E-state index contributed by atoms with van der Waals surface area (Å²) in [5.41, 5.74) is 7.38. The van der Waals surface area contributed by atoms with Gasteiger partial charge >= 0.3 is 0 Å². The van der Waals surface area contributed by atoms with Gasteiger partial charge in [0, 0.05) is 27.3 Å². The number of benzene rings is 1. The van der Waals surface area contributed by atoms with Crippen molar-refractivity contribution in [1.29, 1.82) is 5.26 Å². The minimum absolute atomic E-state index is 0.0940. The van der Waals surface area contributed by atoms with Gasteiger partial charge in [-0.1, -0.05) is 12.1 Å². The molecule has 20 heavy (non-hydrogen) atoms. The number of rotatable bonds is 7. The molecule has 0 heterocycles. The van der Waals surface area contributed by atoms with Crippen LogP contribution in [0.15, 0.2) is 24.3 Å². The molecule has 1 rings (SSSR count). The van der Waals surface area contributed by atoms with Gasteiger partial charge in [0.15, 0.2) is 0 Å². The molecule has 0 aliphatic carbocycles. The molecule has 0 aliphatic heterocycles. The third kappa shape index (κ3) is 5.00. The predicted molar refractivity (Wildman–Crippen MR) is 76.7 cm³/mol. The number of nitriles is 1. The Balaban J connectivity index is 2.54. The number of nitrogens with zero attached hydrogens (tertiary/aromatic N) is 2. The van der Waals surface area contributed by atoms with Crippen LogP contribution in [0.3, 0.4) is 0 Å². The highest BCUT2D eigenvalue weighted by Crippen LogP contribution is 2.08. The lowest BCUT2D eigenvalue weighted by Crippen LogP contribution is -2.41. The van der Waals surface area contributed by atoms with Crippen LogP contribution in [0.2, 0.25) is 0 Å². The SMILES string of the molecule is COCCCC(N)C(=O)N(C)Cc1cccc(C#N)c1. The normalized spacial score (nSPS) is 11.7. The summed E-state index contributed by atoms with van der Waals surface area (Å²) in [5.74, 6) is -0.0940. The predicted octanol–water partition coefficient (Wildman–Crippen LogP) is 1.27. The molecule has 1 aromatic carbocycles. The van der Waals surface area contributed by atoms with E-state index in [2.05, 4.69) is 6.07 Å². The van der Waals surface area contributed by atoms with Gasteiger partial charge in [-0.2, -0.15) is 5.26 Å². The Hall–Kier alpha value is -1.90. The van der Waals surface area contributed by atoms with E-state index < -0.39 is 6.04 Å². The van der Waals surface area contributed by atoms with E-state index >= 15 is 0 Å². The van der Waals surface area contributed by atoms with Crippen LogP contribution in [0.25, 0.3) is 0 Å². The largest absolute Gasteiger partial charge is 0.385 e. The van der Waals surface area contributed by atoms with Crippen LogP contribution in [0.1, 0.15) is 24.0 Å². The van der Waals surface area contributed by atoms with Crippen molar-refractivity contribution in [3.63, 3.8) is 0 Å². The Morgan fingerprint density at radius 1 is 1.55 bits per heavy atom. The van der Waals surface area contributed by atoms with Crippen LogP contribution in [-0.2, 0) is 16.1 Å². The summed E-state index contributed by atoms with van der Waals surface area (Å²) in [6.07, 6.45) is 1.37. The van der Waals surface area contributed by atoms with E-state index in [-0.39, 0.29) is 5.91 Å². The van der Waals surface area contributed by atoms with Crippen molar-refractivity contribution in [3.05, 3.63) is 35.4 Å². The summed E-state index contributed by atoms with van der Waals surface area (Å²) in [7, 11) is 3.35. The highest BCUT2D eigenvalue weighted by atomic mass is 16.5. The molecule has 1 aromatic rings. The molecule has 108 valence electrons. The van der Waals surface area contributed by atoms with E-state index in [1.807, 2.05) is 12.1 Å². The number of likely N-dealkylation sites (N-methyl/N-ethyl adjacent to an activating group) is 1. The molecule has 0 aromatic heterocycles. The fourth-order valence-electron chi connectivity index (χ4n) is 1.95. The molecular formula is C15H21N3O2. The highest BCUT2D eigenvalue weighted by Gasteiger charge is 2.17. The molecule has 0 bridgehead atoms. The maximum absolute atomic E-state index is 12.1. The molecule has 5 nitrogen and oxygen atoms in total. The standard InChI is InChI=1S/C15H21N3O2/c1-18(15(19)14(17)7-4-8-20-2)11-13-6-3-5-12(9-13)10-16/h3,5-6,9,14H,4,7-8,11,17H2,1-2H3. The van der Waals surface area contributed by atoms with Crippen molar-refractivity contribution in [2.45, 2.75) is 25.4 Å². The lowest BCUT2D eigenvalue weighted by molar-refractivity contribution is -0.132. The van der Waals surface area contributed by atoms with Gasteiger partial charge in [0.2, 0.25) is 5.91 Å². The Kier molecular flexibility index (Phi) is 6.71. The zero-order valence-corrected chi connectivity index (χ0v) is 12.0. The fourth-order valence-corrected chi connectivity index (χ4v) is 1.95. The molecule has 0 radical (unpaired) electrons. The molecule has 5 heteroatoms. The van der Waals surface area contributed by atoms with Crippen LogP contribution < -0.4 is 5.73 Å². The Labute approximate surface area is 119 Å². The summed E-state index contributed by atoms with van der Waals surface area (Å²) in [6, 6.07) is 8.80. The maximum Gasteiger partial charge on any atom is 0.239 e. The first-order chi connectivity index (χ1) is 9.58. The van der Waals surface area contributed by atoms with Gasteiger partial charge in [0.05, 0.1) is 17.7 Å². The van der Waals surface area contributed by atoms with Crippen LogP contribution in [0, 0.1) is 11.3 Å². The zero-order valence-electron chi connectivity index (χ0n) is 12.0. The quantitative estimate of drug-likeness (QED) is 0.760. The Morgan fingerprint density at radius 3 is 2.95 bits per heavy atom. The molecule has 0 fully saturated rings. The summed E-state index contributed by atoms with van der Waals surface area (Å²) in [4.78, 5) is 13.7. The molecular weight excluding hydrogens is 254 g/mol. The minimum Gasteiger partial charge on any atom is -0.385 e. The average molecular weight is 275 g/mol. The summed E-state index contributed by atoms with van der Waals surface area (Å²) in [6.45, 7) is 1.06. The molecule has 2 N–H and O–H groups in total. The lowest BCUT2D eigenvalue weighted by atomic mass is 10.1. The second-order valence-electron chi connectivity index (χ2n) is 4.75. The first kappa shape index (κ1) is 16.2. The van der Waals surface area contributed by atoms with Crippen molar-refractivity contribution in [2.24, 2.45) is 5.73 Å². The maximum atomic E-state index is 12.1. The van der Waals surface area contributed by atoms with Crippen molar-refractivity contribution in [2.75, 3.05) is 20.8 Å². The van der Waals surface area contributed by atoms with Crippen molar-refractivity contribution in [3.8, 4) is 6.07 Å². The molecule has 0 saturated carbocycles. The van der Waals surface area contributed by atoms with Crippen LogP contribution in [0.5, 0.6) is 0 Å². The summed E-state index contributed by atoms with van der Waals surface area (Å²) >= 11 is 0. The van der Waals surface area contributed by atoms with Crippen molar-refractivity contribution < 1.29 is 9.53 Å². The second-order valence-corrected chi connectivity index (χ2v) is 4.75. The van der Waals surface area contributed by atoms with Gasteiger partial charge in [-0.3, -0.25) is 4.79 Å². The number of ether oxygens (including phenoxy) is 1. The number of carbonyl (C=O) groups excluding carboxylic acids is 1. The topological polar surface area (TPSA) is 79.3 Å². The summed E-state index contributed by atoms with van der Waals surface area (Å²) in [5, 5.41) is 8.85. The Bertz CT molecular complexity index is 482. The third-order valence-corrected chi connectivity index (χ3v) is 3.03. The average Bonchev–Trinajstić information content (AvgIpc) is 2.46.